The lowest BCUT2D eigenvalue weighted by Crippen LogP contribution is -2.49. The molecule has 0 bridgehead atoms. The van der Waals surface area contributed by atoms with Crippen molar-refractivity contribution in [3.63, 3.8) is 0 Å². The van der Waals surface area contributed by atoms with Crippen molar-refractivity contribution in [3.05, 3.63) is 101 Å². The molecule has 1 saturated heterocycles. The van der Waals surface area contributed by atoms with Crippen LogP contribution in [-0.4, -0.2) is 48.7 Å². The molecule has 0 spiro atoms. The van der Waals surface area contributed by atoms with Gasteiger partial charge in [0.25, 0.3) is 5.91 Å². The van der Waals surface area contributed by atoms with Crippen molar-refractivity contribution in [1.82, 2.24) is 9.47 Å². The molecule has 2 heterocycles. The molecule has 5 rings (SSSR count). The van der Waals surface area contributed by atoms with Crippen molar-refractivity contribution in [2.75, 3.05) is 38.2 Å². The Morgan fingerprint density at radius 2 is 1.64 bits per heavy atom. The Labute approximate surface area is 215 Å². The number of carbonyl (C=O) groups excluding carboxylic acids is 1. The van der Waals surface area contributed by atoms with Crippen LogP contribution in [-0.2, 0) is 0 Å². The van der Waals surface area contributed by atoms with E-state index in [0.29, 0.717) is 36.8 Å². The van der Waals surface area contributed by atoms with Gasteiger partial charge in [0.2, 0.25) is 0 Å². The second-order valence-electron chi connectivity index (χ2n) is 8.80. The molecule has 0 N–H and O–H groups in total. The number of piperazine rings is 1. The van der Waals surface area contributed by atoms with E-state index in [1.165, 1.54) is 12.1 Å². The maximum Gasteiger partial charge on any atom is 0.255 e. The van der Waals surface area contributed by atoms with E-state index < -0.39 is 0 Å². The minimum Gasteiger partial charge on any atom is -0.497 e. The molecule has 0 atom stereocenters. The Morgan fingerprint density at radius 3 is 2.33 bits per heavy atom. The van der Waals surface area contributed by atoms with Crippen LogP contribution in [0.4, 0.5) is 10.1 Å². The van der Waals surface area contributed by atoms with Gasteiger partial charge in [-0.25, -0.2) is 4.39 Å². The first-order chi connectivity index (χ1) is 17.5. The van der Waals surface area contributed by atoms with Gasteiger partial charge >= 0.3 is 0 Å². The van der Waals surface area contributed by atoms with Crippen LogP contribution in [0.3, 0.4) is 0 Å². The zero-order valence-electron chi connectivity index (χ0n) is 20.2. The molecule has 5 nitrogen and oxygen atoms in total. The van der Waals surface area contributed by atoms with Gasteiger partial charge in [0.1, 0.15) is 11.6 Å². The van der Waals surface area contributed by atoms with Gasteiger partial charge in [-0.05, 0) is 61.5 Å². The third-order valence-corrected chi connectivity index (χ3v) is 7.01. The number of rotatable bonds is 5. The van der Waals surface area contributed by atoms with Crippen LogP contribution in [0.2, 0.25) is 5.02 Å². The number of halogens is 2. The quantitative estimate of drug-likeness (QED) is 0.324. The third-order valence-electron chi connectivity index (χ3n) is 6.69. The number of carbonyl (C=O) groups is 1. The fraction of sp³-hybridized carbons (Fsp3) is 0.207. The van der Waals surface area contributed by atoms with Crippen molar-refractivity contribution in [2.24, 2.45) is 0 Å². The highest BCUT2D eigenvalue weighted by molar-refractivity contribution is 6.33. The SMILES string of the molecule is COc1cccc(-c2cc(C(=O)N3CCN(c4ccccc4Cl)CC3)c(C)n2-c2ccc(F)cc2)c1. The predicted octanol–water partition coefficient (Wildman–Crippen LogP) is 6.22. The fourth-order valence-electron chi connectivity index (χ4n) is 4.77. The molecular formula is C29H27ClFN3O2. The second-order valence-corrected chi connectivity index (χ2v) is 9.21. The number of ether oxygens (including phenoxy) is 1. The summed E-state index contributed by atoms with van der Waals surface area (Å²) in [7, 11) is 1.63. The number of anilines is 1. The monoisotopic (exact) mass is 503 g/mol. The lowest BCUT2D eigenvalue weighted by molar-refractivity contribution is 0.0746. The number of amides is 1. The number of para-hydroxylation sites is 1. The Kier molecular flexibility index (Phi) is 6.70. The fourth-order valence-corrected chi connectivity index (χ4v) is 5.03. The zero-order valence-corrected chi connectivity index (χ0v) is 21.0. The summed E-state index contributed by atoms with van der Waals surface area (Å²) in [5, 5.41) is 0.715. The van der Waals surface area contributed by atoms with Crippen molar-refractivity contribution < 1.29 is 13.9 Å². The van der Waals surface area contributed by atoms with E-state index >= 15 is 0 Å². The summed E-state index contributed by atoms with van der Waals surface area (Å²) in [6.07, 6.45) is 0. The van der Waals surface area contributed by atoms with Gasteiger partial charge in [-0.15, -0.1) is 0 Å². The van der Waals surface area contributed by atoms with Crippen LogP contribution >= 0.6 is 11.6 Å². The first kappa shape index (κ1) is 23.9. The van der Waals surface area contributed by atoms with Crippen molar-refractivity contribution in [3.8, 4) is 22.7 Å². The van der Waals surface area contributed by atoms with E-state index in [9.17, 15) is 9.18 Å². The van der Waals surface area contributed by atoms with Crippen LogP contribution < -0.4 is 9.64 Å². The summed E-state index contributed by atoms with van der Waals surface area (Å²) in [6, 6.07) is 23.7. The topological polar surface area (TPSA) is 37.7 Å². The molecule has 4 aromatic rings. The van der Waals surface area contributed by atoms with Gasteiger partial charge in [0.15, 0.2) is 0 Å². The van der Waals surface area contributed by atoms with Crippen LogP contribution in [0.1, 0.15) is 16.1 Å². The van der Waals surface area contributed by atoms with Gasteiger partial charge < -0.3 is 19.1 Å². The van der Waals surface area contributed by atoms with Gasteiger partial charge in [-0.3, -0.25) is 4.79 Å². The third kappa shape index (κ3) is 4.56. The largest absolute Gasteiger partial charge is 0.497 e. The maximum absolute atomic E-state index is 13.7. The summed E-state index contributed by atoms with van der Waals surface area (Å²) in [6.45, 7) is 4.53. The molecule has 7 heteroatoms. The smallest absolute Gasteiger partial charge is 0.255 e. The van der Waals surface area contributed by atoms with E-state index in [1.54, 1.807) is 19.2 Å². The molecular weight excluding hydrogens is 477 g/mol. The standard InChI is InChI=1S/C29H27ClFN3O2/c1-20-25(29(35)33-16-14-32(15-17-33)27-9-4-3-8-26(27)30)19-28(21-6-5-7-24(18-21)36-2)34(20)23-12-10-22(31)11-13-23/h3-13,18-19H,14-17H2,1-2H3. The van der Waals surface area contributed by atoms with Gasteiger partial charge in [-0.2, -0.15) is 0 Å². The number of hydrogen-bond acceptors (Lipinski definition) is 3. The van der Waals surface area contributed by atoms with Crippen LogP contribution in [0, 0.1) is 12.7 Å². The average molecular weight is 504 g/mol. The molecule has 1 amide bonds. The molecule has 0 saturated carbocycles. The van der Waals surface area contributed by atoms with E-state index in [1.807, 2.05) is 71.0 Å². The number of hydrogen-bond donors (Lipinski definition) is 0. The predicted molar refractivity (Wildman–Crippen MR) is 142 cm³/mol. The number of nitrogens with zero attached hydrogens (tertiary/aromatic N) is 3. The summed E-state index contributed by atoms with van der Waals surface area (Å²) >= 11 is 6.38. The van der Waals surface area contributed by atoms with E-state index in [4.69, 9.17) is 16.3 Å². The van der Waals surface area contributed by atoms with Gasteiger partial charge in [0.05, 0.1) is 29.1 Å². The molecule has 0 radical (unpaired) electrons. The minimum atomic E-state index is -0.306. The number of benzene rings is 3. The van der Waals surface area contributed by atoms with Gasteiger partial charge in [0, 0.05) is 43.1 Å². The highest BCUT2D eigenvalue weighted by atomic mass is 35.5. The highest BCUT2D eigenvalue weighted by Crippen LogP contribution is 2.33. The average Bonchev–Trinajstić information content (AvgIpc) is 3.26. The first-order valence-corrected chi connectivity index (χ1v) is 12.3. The van der Waals surface area contributed by atoms with Crippen LogP contribution in [0.25, 0.3) is 16.9 Å². The first-order valence-electron chi connectivity index (χ1n) is 11.9. The second kappa shape index (κ2) is 10.1. The highest BCUT2D eigenvalue weighted by Gasteiger charge is 2.27. The molecule has 184 valence electrons. The molecule has 0 aliphatic carbocycles. The van der Waals surface area contributed by atoms with Crippen molar-refractivity contribution in [2.45, 2.75) is 6.92 Å². The summed E-state index contributed by atoms with van der Waals surface area (Å²) in [4.78, 5) is 17.8. The van der Waals surface area contributed by atoms with Crippen molar-refractivity contribution >= 4 is 23.2 Å². The molecule has 1 aliphatic rings. The maximum atomic E-state index is 13.7. The molecule has 1 aromatic heterocycles. The lowest BCUT2D eigenvalue weighted by Gasteiger charge is -2.36. The van der Waals surface area contributed by atoms with Crippen LogP contribution in [0.5, 0.6) is 5.75 Å². The Hall–Kier alpha value is -3.77. The van der Waals surface area contributed by atoms with Crippen LogP contribution in [0.15, 0.2) is 78.9 Å². The number of methoxy groups -OCH3 is 1. The Morgan fingerprint density at radius 1 is 0.917 bits per heavy atom. The normalized spacial score (nSPS) is 13.7. The summed E-state index contributed by atoms with van der Waals surface area (Å²) in [5.74, 6) is 0.399. The Balaban J connectivity index is 1.48. The van der Waals surface area contributed by atoms with E-state index in [-0.39, 0.29) is 11.7 Å². The molecule has 0 unspecified atom stereocenters. The van der Waals surface area contributed by atoms with E-state index in [0.717, 1.165) is 34.1 Å². The molecule has 36 heavy (non-hydrogen) atoms. The molecule has 1 fully saturated rings. The van der Waals surface area contributed by atoms with Gasteiger partial charge in [-0.1, -0.05) is 35.9 Å². The Bertz CT molecular complexity index is 1390. The lowest BCUT2D eigenvalue weighted by atomic mass is 10.1. The van der Waals surface area contributed by atoms with Crippen molar-refractivity contribution in [1.29, 1.82) is 0 Å². The minimum absolute atomic E-state index is 0.0173. The van der Waals surface area contributed by atoms with E-state index in [2.05, 4.69) is 4.90 Å². The molecule has 3 aromatic carbocycles. The summed E-state index contributed by atoms with van der Waals surface area (Å²) < 4.78 is 21.1. The zero-order chi connectivity index (χ0) is 25.2. The molecule has 1 aliphatic heterocycles. The summed E-state index contributed by atoms with van der Waals surface area (Å²) in [5.41, 5.74) is 4.96. The number of aromatic nitrogens is 1.